The molecular formula is C16H19N7S. The normalized spacial score (nSPS) is 17.3. The summed E-state index contributed by atoms with van der Waals surface area (Å²) in [6.07, 6.45) is 3.44. The number of nitrogen functional groups attached to an aromatic ring is 1. The number of hydrogen-bond donors (Lipinski definition) is 1. The molecule has 124 valence electrons. The minimum absolute atomic E-state index is 0.357. The number of nitrogens with zero attached hydrogens (tertiary/aromatic N) is 6. The van der Waals surface area contributed by atoms with Crippen molar-refractivity contribution in [2.75, 3.05) is 36.8 Å². The van der Waals surface area contributed by atoms with Crippen LogP contribution in [0.5, 0.6) is 0 Å². The molecule has 3 aromatic rings. The highest BCUT2D eigenvalue weighted by atomic mass is 32.1. The summed E-state index contributed by atoms with van der Waals surface area (Å²) in [6, 6.07) is 4.11. The molecule has 4 heterocycles. The van der Waals surface area contributed by atoms with Crippen molar-refractivity contribution < 1.29 is 0 Å². The molecule has 1 atom stereocenters. The Balaban J connectivity index is 1.52. The summed E-state index contributed by atoms with van der Waals surface area (Å²) in [5, 5.41) is 4.16. The molecule has 0 aliphatic carbocycles. The third-order valence-corrected chi connectivity index (χ3v) is 5.41. The van der Waals surface area contributed by atoms with Crippen molar-refractivity contribution in [3.8, 4) is 0 Å². The average molecular weight is 341 g/mol. The number of hydrogen-bond acceptors (Lipinski definition) is 8. The van der Waals surface area contributed by atoms with E-state index in [0.717, 1.165) is 37.4 Å². The van der Waals surface area contributed by atoms with Gasteiger partial charge in [0.1, 0.15) is 23.0 Å². The molecule has 0 bridgehead atoms. The molecule has 1 unspecified atom stereocenters. The van der Waals surface area contributed by atoms with Crippen LogP contribution in [0.25, 0.3) is 11.0 Å². The van der Waals surface area contributed by atoms with Crippen molar-refractivity contribution in [2.45, 2.75) is 13.0 Å². The fraction of sp³-hybridized carbons (Fsp3) is 0.375. The Morgan fingerprint density at radius 2 is 1.96 bits per heavy atom. The highest BCUT2D eigenvalue weighted by molar-refractivity contribution is 7.09. The lowest BCUT2D eigenvalue weighted by atomic mass is 10.2. The van der Waals surface area contributed by atoms with Gasteiger partial charge in [-0.15, -0.1) is 11.3 Å². The lowest BCUT2D eigenvalue weighted by Gasteiger charge is -2.38. The minimum atomic E-state index is 0.357. The van der Waals surface area contributed by atoms with E-state index in [1.807, 2.05) is 17.6 Å². The van der Waals surface area contributed by atoms with E-state index in [1.54, 1.807) is 23.7 Å². The van der Waals surface area contributed by atoms with Crippen LogP contribution in [0.1, 0.15) is 18.0 Å². The molecule has 8 heteroatoms. The first-order valence-corrected chi connectivity index (χ1v) is 8.86. The Morgan fingerprint density at radius 1 is 1.12 bits per heavy atom. The van der Waals surface area contributed by atoms with Crippen LogP contribution in [0.15, 0.2) is 30.0 Å². The van der Waals surface area contributed by atoms with Crippen molar-refractivity contribution in [1.82, 2.24) is 24.8 Å². The van der Waals surface area contributed by atoms with Gasteiger partial charge in [-0.3, -0.25) is 4.90 Å². The van der Waals surface area contributed by atoms with Crippen LogP contribution in [0.3, 0.4) is 0 Å². The topological polar surface area (TPSA) is 84.1 Å². The Bertz CT molecular complexity index is 828. The van der Waals surface area contributed by atoms with E-state index in [4.69, 9.17) is 5.73 Å². The molecule has 7 nitrogen and oxygen atoms in total. The minimum Gasteiger partial charge on any atom is -0.384 e. The lowest BCUT2D eigenvalue weighted by molar-refractivity contribution is 0.198. The molecule has 4 rings (SSSR count). The van der Waals surface area contributed by atoms with Gasteiger partial charge >= 0.3 is 0 Å². The summed E-state index contributed by atoms with van der Waals surface area (Å²) in [5.74, 6) is 1.42. The molecule has 0 aromatic carbocycles. The first kappa shape index (κ1) is 15.2. The number of rotatable bonds is 3. The van der Waals surface area contributed by atoms with Gasteiger partial charge in [0.2, 0.25) is 0 Å². The van der Waals surface area contributed by atoms with Crippen molar-refractivity contribution in [3.63, 3.8) is 0 Å². The third kappa shape index (κ3) is 2.78. The predicted octanol–water partition coefficient (Wildman–Crippen LogP) is 1.95. The number of nitrogens with two attached hydrogens (primary N) is 1. The second-order valence-corrected chi connectivity index (χ2v) is 6.80. The van der Waals surface area contributed by atoms with Crippen LogP contribution in [0.2, 0.25) is 0 Å². The van der Waals surface area contributed by atoms with Gasteiger partial charge in [0.05, 0.1) is 11.4 Å². The second kappa shape index (κ2) is 6.29. The Kier molecular flexibility index (Phi) is 3.99. The number of fused-ring (bicyclic) bond motifs is 1. The van der Waals surface area contributed by atoms with Crippen molar-refractivity contribution in [2.24, 2.45) is 0 Å². The van der Waals surface area contributed by atoms with Crippen LogP contribution in [-0.4, -0.2) is 51.0 Å². The third-order valence-electron chi connectivity index (χ3n) is 4.47. The Hall–Kier alpha value is -2.32. The zero-order chi connectivity index (χ0) is 16.5. The van der Waals surface area contributed by atoms with Crippen LogP contribution < -0.4 is 10.6 Å². The van der Waals surface area contributed by atoms with E-state index >= 15 is 0 Å². The number of anilines is 2. The van der Waals surface area contributed by atoms with Gasteiger partial charge in [0, 0.05) is 37.8 Å². The van der Waals surface area contributed by atoms with Gasteiger partial charge < -0.3 is 10.6 Å². The van der Waals surface area contributed by atoms with Gasteiger partial charge in [0.15, 0.2) is 5.65 Å². The zero-order valence-corrected chi connectivity index (χ0v) is 14.3. The molecule has 1 fully saturated rings. The van der Waals surface area contributed by atoms with E-state index in [2.05, 4.69) is 36.7 Å². The molecule has 0 amide bonds. The van der Waals surface area contributed by atoms with E-state index in [1.165, 1.54) is 5.01 Å². The number of thiazole rings is 1. The standard InChI is InChI=1S/C16H19N7S/c1-11(16-18-4-9-24-16)22-5-7-23(8-6-22)15-12-2-3-13(17)21-14(12)19-10-20-15/h2-4,9-11H,5-8H2,1H3,(H2,17,19,20,21). The molecule has 3 aromatic heterocycles. The van der Waals surface area contributed by atoms with Crippen LogP contribution in [-0.2, 0) is 0 Å². The summed E-state index contributed by atoms with van der Waals surface area (Å²) in [5.41, 5.74) is 6.41. The maximum Gasteiger partial charge on any atom is 0.166 e. The van der Waals surface area contributed by atoms with Crippen molar-refractivity contribution in [1.29, 1.82) is 0 Å². The molecule has 1 saturated heterocycles. The summed E-state index contributed by atoms with van der Waals surface area (Å²) in [6.45, 7) is 6.03. The first-order valence-electron chi connectivity index (χ1n) is 7.98. The molecule has 2 N–H and O–H groups in total. The average Bonchev–Trinajstić information content (AvgIpc) is 3.15. The Morgan fingerprint density at radius 3 is 2.71 bits per heavy atom. The maximum atomic E-state index is 5.75. The molecular weight excluding hydrogens is 322 g/mol. The van der Waals surface area contributed by atoms with E-state index in [-0.39, 0.29) is 0 Å². The zero-order valence-electron chi connectivity index (χ0n) is 13.5. The van der Waals surface area contributed by atoms with Crippen LogP contribution in [0, 0.1) is 0 Å². The Labute approximate surface area is 144 Å². The predicted molar refractivity (Wildman–Crippen MR) is 96.1 cm³/mol. The van der Waals surface area contributed by atoms with Gasteiger partial charge in [0.25, 0.3) is 0 Å². The molecule has 24 heavy (non-hydrogen) atoms. The summed E-state index contributed by atoms with van der Waals surface area (Å²) in [4.78, 5) is 22.2. The largest absolute Gasteiger partial charge is 0.384 e. The van der Waals surface area contributed by atoms with Crippen LogP contribution in [0.4, 0.5) is 11.6 Å². The second-order valence-electron chi connectivity index (χ2n) is 5.87. The van der Waals surface area contributed by atoms with Gasteiger partial charge in [-0.05, 0) is 19.1 Å². The number of piperazine rings is 1. The van der Waals surface area contributed by atoms with Crippen LogP contribution >= 0.6 is 11.3 Å². The fourth-order valence-electron chi connectivity index (χ4n) is 3.11. The highest BCUT2D eigenvalue weighted by Gasteiger charge is 2.25. The maximum absolute atomic E-state index is 5.75. The molecule has 1 aliphatic rings. The smallest absolute Gasteiger partial charge is 0.166 e. The summed E-state index contributed by atoms with van der Waals surface area (Å²) in [7, 11) is 0. The molecule has 0 spiro atoms. The summed E-state index contributed by atoms with van der Waals surface area (Å²) < 4.78 is 0. The quantitative estimate of drug-likeness (QED) is 0.779. The highest BCUT2D eigenvalue weighted by Crippen LogP contribution is 2.27. The number of pyridine rings is 1. The van der Waals surface area contributed by atoms with E-state index < -0.39 is 0 Å². The monoisotopic (exact) mass is 341 g/mol. The SMILES string of the molecule is CC(c1nccs1)N1CCN(c2ncnc3nc(N)ccc23)CC1. The van der Waals surface area contributed by atoms with E-state index in [9.17, 15) is 0 Å². The van der Waals surface area contributed by atoms with Crippen molar-refractivity contribution in [3.05, 3.63) is 35.0 Å². The van der Waals surface area contributed by atoms with Gasteiger partial charge in [-0.1, -0.05) is 0 Å². The molecule has 0 radical (unpaired) electrons. The molecule has 0 saturated carbocycles. The van der Waals surface area contributed by atoms with Gasteiger partial charge in [-0.2, -0.15) is 0 Å². The van der Waals surface area contributed by atoms with E-state index in [0.29, 0.717) is 17.5 Å². The first-order chi connectivity index (χ1) is 11.7. The van der Waals surface area contributed by atoms with Crippen molar-refractivity contribution >= 4 is 34.0 Å². The van der Waals surface area contributed by atoms with Gasteiger partial charge in [-0.25, -0.2) is 19.9 Å². The summed E-state index contributed by atoms with van der Waals surface area (Å²) >= 11 is 1.72. The number of aromatic nitrogens is 4. The lowest BCUT2D eigenvalue weighted by Crippen LogP contribution is -2.47. The fourth-order valence-corrected chi connectivity index (χ4v) is 3.84. The molecule has 1 aliphatic heterocycles.